The minimum Gasteiger partial charge on any atom is -0.378 e. The van der Waals surface area contributed by atoms with E-state index in [0.717, 1.165) is 66.0 Å². The molecule has 2 fully saturated rings. The number of hydrogen-bond acceptors (Lipinski definition) is 7. The van der Waals surface area contributed by atoms with E-state index in [4.69, 9.17) is 9.73 Å². The first kappa shape index (κ1) is 28.5. The van der Waals surface area contributed by atoms with Crippen LogP contribution in [0.3, 0.4) is 0 Å². The van der Waals surface area contributed by atoms with Crippen LogP contribution >= 0.6 is 0 Å². The third-order valence-electron chi connectivity index (χ3n) is 7.81. The highest BCUT2D eigenvalue weighted by atomic mass is 32.2. The average Bonchev–Trinajstić information content (AvgIpc) is 3.45. The van der Waals surface area contributed by atoms with Crippen molar-refractivity contribution in [2.75, 3.05) is 58.7 Å². The van der Waals surface area contributed by atoms with Gasteiger partial charge in [-0.1, -0.05) is 43.7 Å². The van der Waals surface area contributed by atoms with Gasteiger partial charge in [-0.15, -0.1) is 0 Å². The molecular weight excluding hydrogens is 524 g/mol. The number of benzene rings is 2. The maximum atomic E-state index is 12.0. The second-order valence-corrected chi connectivity index (χ2v) is 12.6. The summed E-state index contributed by atoms with van der Waals surface area (Å²) in [4.78, 5) is 10.1. The third kappa shape index (κ3) is 6.46. The van der Waals surface area contributed by atoms with E-state index < -0.39 is 10.0 Å². The number of aromatic amines is 1. The first-order valence-electron chi connectivity index (χ1n) is 14.2. The summed E-state index contributed by atoms with van der Waals surface area (Å²) >= 11 is 0. The van der Waals surface area contributed by atoms with Gasteiger partial charge in [0.05, 0.1) is 36.9 Å². The number of aliphatic imine (C=N–C) groups is 1. The average molecular weight is 565 g/mol. The van der Waals surface area contributed by atoms with Crippen LogP contribution in [0.1, 0.15) is 42.0 Å². The summed E-state index contributed by atoms with van der Waals surface area (Å²) in [6.07, 6.45) is 7.43. The number of aromatic nitrogens is 2. The number of sulfonamides is 1. The van der Waals surface area contributed by atoms with Crippen LogP contribution < -0.4 is 0 Å². The topological polar surface area (TPSA) is 94.1 Å². The number of ether oxygens (including phenoxy) is 1. The lowest BCUT2D eigenvalue weighted by Crippen LogP contribution is -2.47. The fourth-order valence-corrected chi connectivity index (χ4v) is 6.26. The van der Waals surface area contributed by atoms with Crippen molar-refractivity contribution in [3.8, 4) is 0 Å². The van der Waals surface area contributed by atoms with E-state index in [1.807, 2.05) is 12.3 Å². The molecule has 3 aromatic rings. The molecule has 0 amide bonds. The lowest BCUT2D eigenvalue weighted by Gasteiger charge is -2.33. The Hall–Kier alpha value is -3.05. The van der Waals surface area contributed by atoms with Crippen molar-refractivity contribution in [3.05, 3.63) is 76.7 Å². The van der Waals surface area contributed by atoms with Crippen LogP contribution in [-0.2, 0) is 21.3 Å². The van der Waals surface area contributed by atoms with E-state index in [1.165, 1.54) is 17.4 Å². The van der Waals surface area contributed by atoms with Gasteiger partial charge in [-0.3, -0.25) is 10.00 Å². The first-order valence-corrected chi connectivity index (χ1v) is 16.0. The van der Waals surface area contributed by atoms with Crippen molar-refractivity contribution in [3.63, 3.8) is 0 Å². The highest BCUT2D eigenvalue weighted by Crippen LogP contribution is 2.27. The van der Waals surface area contributed by atoms with Crippen molar-refractivity contribution in [1.82, 2.24) is 24.3 Å². The predicted octanol–water partition coefficient (Wildman–Crippen LogP) is 3.76. The number of allylic oxidation sites excluding steroid dienone is 1. The van der Waals surface area contributed by atoms with Crippen LogP contribution in [0.5, 0.6) is 0 Å². The number of nitrogens with zero attached hydrogens (tertiary/aromatic N) is 5. The SMILES string of the molecule is CCC/C=C(/N=C(\c1cccc(CN2CCN(S(C)(=O)=O)CC2)c1C)c1cccc2[nH]ncc12)N1CCOCC1. The predicted molar refractivity (Wildman–Crippen MR) is 160 cm³/mol. The Morgan fingerprint density at radius 3 is 2.50 bits per heavy atom. The van der Waals surface area contributed by atoms with Gasteiger partial charge in [-0.2, -0.15) is 9.40 Å². The minimum absolute atomic E-state index is 0.526. The molecule has 2 aromatic carbocycles. The maximum Gasteiger partial charge on any atom is 0.211 e. The molecule has 9 nitrogen and oxygen atoms in total. The molecule has 10 heteroatoms. The van der Waals surface area contributed by atoms with Crippen molar-refractivity contribution in [2.45, 2.75) is 33.2 Å². The molecule has 214 valence electrons. The zero-order valence-electron chi connectivity index (χ0n) is 23.8. The normalized spacial score (nSPS) is 18.5. The van der Waals surface area contributed by atoms with Crippen LogP contribution in [0, 0.1) is 6.92 Å². The van der Waals surface area contributed by atoms with Gasteiger partial charge in [-0.05, 0) is 36.6 Å². The number of unbranched alkanes of at least 4 members (excludes halogenated alkanes) is 1. The molecular formula is C30H40N6O3S. The zero-order chi connectivity index (χ0) is 28.1. The van der Waals surface area contributed by atoms with Gasteiger partial charge in [0, 0.05) is 62.3 Å². The van der Waals surface area contributed by atoms with E-state index in [-0.39, 0.29) is 0 Å². The number of H-pyrrole nitrogens is 1. The highest BCUT2D eigenvalue weighted by molar-refractivity contribution is 7.88. The Morgan fingerprint density at radius 2 is 1.77 bits per heavy atom. The number of rotatable bonds is 9. The number of hydrogen-bond donors (Lipinski definition) is 1. The zero-order valence-corrected chi connectivity index (χ0v) is 24.6. The standard InChI is InChI=1S/C30H40N6O3S/c1-4-5-12-29(35-17-19-39-20-18-35)32-30(26-10-7-11-28-27(26)21-31-33-28)25-9-6-8-24(23(25)2)22-34-13-15-36(16-14-34)40(3,37)38/h6-12,21H,4-5,13-20,22H2,1-3H3,(H,31,33)/b29-12-,32-30+. The summed E-state index contributed by atoms with van der Waals surface area (Å²) in [5, 5.41) is 8.48. The van der Waals surface area contributed by atoms with Gasteiger partial charge in [0.25, 0.3) is 0 Å². The van der Waals surface area contributed by atoms with E-state index in [1.54, 1.807) is 4.31 Å². The molecule has 1 aromatic heterocycles. The fourth-order valence-electron chi connectivity index (χ4n) is 5.44. The van der Waals surface area contributed by atoms with Crippen LogP contribution in [0.15, 0.2) is 59.5 Å². The molecule has 2 aliphatic rings. The molecule has 40 heavy (non-hydrogen) atoms. The first-order chi connectivity index (χ1) is 19.3. The Balaban J connectivity index is 1.54. The summed E-state index contributed by atoms with van der Waals surface area (Å²) < 4.78 is 31.2. The molecule has 0 spiro atoms. The molecule has 1 N–H and O–H groups in total. The van der Waals surface area contributed by atoms with E-state index >= 15 is 0 Å². The van der Waals surface area contributed by atoms with E-state index in [9.17, 15) is 8.42 Å². The summed E-state index contributed by atoms with van der Waals surface area (Å²) in [5.74, 6) is 0.988. The Morgan fingerprint density at radius 1 is 1.05 bits per heavy atom. The summed E-state index contributed by atoms with van der Waals surface area (Å²) in [6, 6.07) is 12.7. The van der Waals surface area contributed by atoms with Gasteiger partial charge in [-0.25, -0.2) is 13.4 Å². The molecule has 3 heterocycles. The quantitative estimate of drug-likeness (QED) is 0.398. The maximum absolute atomic E-state index is 12.0. The van der Waals surface area contributed by atoms with Crippen molar-refractivity contribution < 1.29 is 13.2 Å². The second kappa shape index (κ2) is 12.6. The number of morpholine rings is 1. The van der Waals surface area contributed by atoms with Crippen LogP contribution in [0.4, 0.5) is 0 Å². The molecule has 2 saturated heterocycles. The van der Waals surface area contributed by atoms with Gasteiger partial charge >= 0.3 is 0 Å². The van der Waals surface area contributed by atoms with Crippen LogP contribution in [0.2, 0.25) is 0 Å². The van der Waals surface area contributed by atoms with Crippen molar-refractivity contribution in [2.24, 2.45) is 4.99 Å². The summed E-state index contributed by atoms with van der Waals surface area (Å²) in [7, 11) is -3.15. The van der Waals surface area contributed by atoms with Crippen LogP contribution in [-0.4, -0.2) is 97.2 Å². The molecule has 0 radical (unpaired) electrons. The smallest absolute Gasteiger partial charge is 0.211 e. The van der Waals surface area contributed by atoms with Crippen LogP contribution in [0.25, 0.3) is 10.9 Å². The fraction of sp³-hybridized carbons (Fsp3) is 0.467. The Bertz CT molecular complexity index is 1480. The molecule has 2 aliphatic heterocycles. The van der Waals surface area contributed by atoms with Gasteiger partial charge in [0.1, 0.15) is 5.82 Å². The van der Waals surface area contributed by atoms with Crippen molar-refractivity contribution >= 4 is 26.6 Å². The Labute approximate surface area is 237 Å². The van der Waals surface area contributed by atoms with Gasteiger partial charge < -0.3 is 9.64 Å². The molecule has 0 saturated carbocycles. The minimum atomic E-state index is -3.15. The number of nitrogens with one attached hydrogen (secondary N) is 1. The number of fused-ring (bicyclic) bond motifs is 1. The number of piperazine rings is 1. The molecule has 0 atom stereocenters. The molecule has 0 aliphatic carbocycles. The molecule has 0 bridgehead atoms. The summed E-state index contributed by atoms with van der Waals surface area (Å²) in [6.45, 7) is 10.7. The van der Waals surface area contributed by atoms with Crippen molar-refractivity contribution in [1.29, 1.82) is 0 Å². The van der Waals surface area contributed by atoms with Gasteiger partial charge in [0.15, 0.2) is 0 Å². The lowest BCUT2D eigenvalue weighted by molar-refractivity contribution is 0.0530. The highest BCUT2D eigenvalue weighted by Gasteiger charge is 2.24. The Kier molecular flexibility index (Phi) is 9.00. The van der Waals surface area contributed by atoms with E-state index in [0.29, 0.717) is 39.4 Å². The second-order valence-electron chi connectivity index (χ2n) is 10.6. The monoisotopic (exact) mass is 564 g/mol. The lowest BCUT2D eigenvalue weighted by atomic mass is 9.93. The molecule has 0 unspecified atom stereocenters. The summed E-state index contributed by atoms with van der Waals surface area (Å²) in [5.41, 5.74) is 6.46. The molecule has 5 rings (SSSR count). The van der Waals surface area contributed by atoms with Gasteiger partial charge in [0.2, 0.25) is 10.0 Å². The third-order valence-corrected chi connectivity index (χ3v) is 9.12. The largest absolute Gasteiger partial charge is 0.378 e. The van der Waals surface area contributed by atoms with E-state index in [2.05, 4.69) is 70.3 Å².